The van der Waals surface area contributed by atoms with Crippen molar-refractivity contribution in [3.05, 3.63) is 0 Å². The molecule has 0 bridgehead atoms. The van der Waals surface area contributed by atoms with E-state index in [1.807, 2.05) is 13.8 Å². The third kappa shape index (κ3) is 53.1. The molecule has 0 amide bonds. The molecule has 0 aliphatic rings. The molecule has 76 valence electrons. The maximum absolute atomic E-state index is 8.74. The Balaban J connectivity index is 0. The molecule has 0 rings (SSSR count). The minimum Gasteiger partial charge on any atom is -0.277 e. The van der Waals surface area contributed by atoms with E-state index in [4.69, 9.17) is 17.5 Å². The van der Waals surface area contributed by atoms with Gasteiger partial charge in [-0.1, -0.05) is 5.64 Å². The first-order valence-electron chi connectivity index (χ1n) is 3.10. The van der Waals surface area contributed by atoms with Crippen LogP contribution in [0.1, 0.15) is 13.8 Å². The van der Waals surface area contributed by atoms with Crippen molar-refractivity contribution >= 4 is 10.4 Å². The summed E-state index contributed by atoms with van der Waals surface area (Å²) < 4.78 is 31.6. The summed E-state index contributed by atoms with van der Waals surface area (Å²) in [5.41, 5.74) is 2.28. The van der Waals surface area contributed by atoms with Crippen LogP contribution in [0.2, 0.25) is 0 Å². The fourth-order valence-electron chi connectivity index (χ4n) is 0.160. The van der Waals surface area contributed by atoms with Crippen molar-refractivity contribution in [1.82, 2.24) is 5.64 Å². The quantitative estimate of drug-likeness (QED) is 0.331. The number of rotatable bonds is 4. The lowest BCUT2D eigenvalue weighted by Crippen LogP contribution is -2.14. The summed E-state index contributed by atoms with van der Waals surface area (Å²) in [7, 11) is -4.67. The standard InChI is InChI=1S/C4H11NO2.H2O4S/c1-3-6-5-7-4-2;1-5(2,3)4/h5H,3-4H2,1-2H3;(H2,1,2,3,4). The van der Waals surface area contributed by atoms with Crippen LogP contribution in [0.3, 0.4) is 0 Å². The van der Waals surface area contributed by atoms with Gasteiger partial charge < -0.3 is 0 Å². The molecule has 0 aromatic heterocycles. The van der Waals surface area contributed by atoms with Crippen LogP contribution >= 0.6 is 0 Å². The zero-order valence-corrected chi connectivity index (χ0v) is 7.67. The Morgan fingerprint density at radius 3 is 1.58 bits per heavy atom. The predicted octanol–water partition coefficient (Wildman–Crippen LogP) is -0.174. The van der Waals surface area contributed by atoms with Crippen molar-refractivity contribution in [2.75, 3.05) is 13.2 Å². The topological polar surface area (TPSA) is 105 Å². The first-order chi connectivity index (χ1) is 5.41. The zero-order valence-electron chi connectivity index (χ0n) is 6.85. The summed E-state index contributed by atoms with van der Waals surface area (Å²) in [5, 5.41) is 0. The Bertz CT molecular complexity index is 154. The summed E-state index contributed by atoms with van der Waals surface area (Å²) >= 11 is 0. The number of hydrogen-bond acceptors (Lipinski definition) is 5. The maximum atomic E-state index is 8.74. The Labute approximate surface area is 71.2 Å². The van der Waals surface area contributed by atoms with E-state index in [2.05, 4.69) is 15.3 Å². The van der Waals surface area contributed by atoms with Gasteiger partial charge in [-0.25, -0.2) is 0 Å². The van der Waals surface area contributed by atoms with Gasteiger partial charge in [-0.15, -0.1) is 0 Å². The molecule has 0 saturated carbocycles. The van der Waals surface area contributed by atoms with Crippen molar-refractivity contribution in [2.24, 2.45) is 0 Å². The van der Waals surface area contributed by atoms with Crippen LogP contribution in [-0.2, 0) is 20.1 Å². The molecule has 0 aliphatic heterocycles. The number of hydrogen-bond donors (Lipinski definition) is 3. The molecule has 12 heavy (non-hydrogen) atoms. The van der Waals surface area contributed by atoms with Crippen molar-refractivity contribution in [3.8, 4) is 0 Å². The molecular formula is C4H13NO6S. The van der Waals surface area contributed by atoms with Crippen molar-refractivity contribution < 1.29 is 27.2 Å². The van der Waals surface area contributed by atoms with Crippen LogP contribution in [-0.4, -0.2) is 30.7 Å². The van der Waals surface area contributed by atoms with E-state index in [1.54, 1.807) is 0 Å². The highest BCUT2D eigenvalue weighted by atomic mass is 32.3. The molecule has 0 unspecified atom stereocenters. The molecule has 3 N–H and O–H groups in total. The lowest BCUT2D eigenvalue weighted by atomic mass is 10.9. The SMILES string of the molecule is CCONOCC.O=S(=O)(O)O. The highest BCUT2D eigenvalue weighted by molar-refractivity contribution is 7.79. The molecule has 0 heterocycles. The van der Waals surface area contributed by atoms with Crippen molar-refractivity contribution in [3.63, 3.8) is 0 Å². The van der Waals surface area contributed by atoms with Crippen LogP contribution in [0.15, 0.2) is 0 Å². The van der Waals surface area contributed by atoms with Gasteiger partial charge in [0.25, 0.3) is 0 Å². The first kappa shape index (κ1) is 14.3. The van der Waals surface area contributed by atoms with E-state index >= 15 is 0 Å². The lowest BCUT2D eigenvalue weighted by molar-refractivity contribution is -0.163. The second-order valence-corrected chi connectivity index (χ2v) is 2.29. The fourth-order valence-corrected chi connectivity index (χ4v) is 0.160. The van der Waals surface area contributed by atoms with Crippen LogP contribution in [0.25, 0.3) is 0 Å². The van der Waals surface area contributed by atoms with Gasteiger partial charge >= 0.3 is 10.4 Å². The van der Waals surface area contributed by atoms with Crippen LogP contribution < -0.4 is 5.64 Å². The monoisotopic (exact) mass is 203 g/mol. The molecule has 0 saturated heterocycles. The summed E-state index contributed by atoms with van der Waals surface area (Å²) in [6, 6.07) is 0. The van der Waals surface area contributed by atoms with Gasteiger partial charge in [0.05, 0.1) is 13.2 Å². The lowest BCUT2D eigenvalue weighted by Gasteiger charge is -1.98. The zero-order chi connectivity index (χ0) is 10.0. The molecule has 0 aliphatic carbocycles. The molecule has 0 fully saturated rings. The Morgan fingerprint density at radius 1 is 1.17 bits per heavy atom. The van der Waals surface area contributed by atoms with E-state index < -0.39 is 10.4 Å². The van der Waals surface area contributed by atoms with Gasteiger partial charge in [0.2, 0.25) is 0 Å². The second-order valence-electron chi connectivity index (χ2n) is 1.40. The highest BCUT2D eigenvalue weighted by Gasteiger charge is 1.84. The van der Waals surface area contributed by atoms with E-state index in [0.717, 1.165) is 0 Å². The van der Waals surface area contributed by atoms with Gasteiger partial charge in [-0.3, -0.25) is 18.8 Å². The van der Waals surface area contributed by atoms with Crippen LogP contribution in [0.5, 0.6) is 0 Å². The Morgan fingerprint density at radius 2 is 1.42 bits per heavy atom. The largest absolute Gasteiger partial charge is 0.394 e. The van der Waals surface area contributed by atoms with E-state index in [9.17, 15) is 0 Å². The fraction of sp³-hybridized carbons (Fsp3) is 1.00. The van der Waals surface area contributed by atoms with Gasteiger partial charge in [0.1, 0.15) is 0 Å². The molecule has 0 aromatic rings. The first-order valence-corrected chi connectivity index (χ1v) is 4.50. The number of nitrogens with one attached hydrogen (secondary N) is 1. The Kier molecular flexibility index (Phi) is 10.5. The third-order valence-electron chi connectivity index (χ3n) is 0.407. The molecule has 8 heteroatoms. The van der Waals surface area contributed by atoms with Crippen molar-refractivity contribution in [2.45, 2.75) is 13.8 Å². The predicted molar refractivity (Wildman–Crippen MR) is 40.6 cm³/mol. The minimum absolute atomic E-state index is 0.625. The van der Waals surface area contributed by atoms with Gasteiger partial charge in [-0.2, -0.15) is 8.42 Å². The normalized spacial score (nSPS) is 10.3. The molecule has 7 nitrogen and oxygen atoms in total. The van der Waals surface area contributed by atoms with Gasteiger partial charge in [0.15, 0.2) is 0 Å². The molecule has 0 aromatic carbocycles. The average molecular weight is 203 g/mol. The minimum atomic E-state index is -4.67. The van der Waals surface area contributed by atoms with Crippen LogP contribution in [0, 0.1) is 0 Å². The summed E-state index contributed by atoms with van der Waals surface area (Å²) in [6.45, 7) is 5.01. The average Bonchev–Trinajstić information content (AvgIpc) is 1.85. The molecular weight excluding hydrogens is 190 g/mol. The van der Waals surface area contributed by atoms with E-state index in [1.165, 1.54) is 0 Å². The van der Waals surface area contributed by atoms with Crippen molar-refractivity contribution in [1.29, 1.82) is 0 Å². The molecule has 0 atom stereocenters. The Hall–Kier alpha value is -0.250. The third-order valence-corrected chi connectivity index (χ3v) is 0.407. The summed E-state index contributed by atoms with van der Waals surface area (Å²) in [6.07, 6.45) is 0. The van der Waals surface area contributed by atoms with E-state index in [-0.39, 0.29) is 0 Å². The summed E-state index contributed by atoms with van der Waals surface area (Å²) in [4.78, 5) is 9.20. The smallest absolute Gasteiger partial charge is 0.277 e. The maximum Gasteiger partial charge on any atom is 0.394 e. The van der Waals surface area contributed by atoms with E-state index in [0.29, 0.717) is 13.2 Å². The highest BCUT2D eigenvalue weighted by Crippen LogP contribution is 1.64. The molecule has 0 spiro atoms. The second kappa shape index (κ2) is 8.84. The van der Waals surface area contributed by atoms with Gasteiger partial charge in [0, 0.05) is 0 Å². The summed E-state index contributed by atoms with van der Waals surface area (Å²) in [5.74, 6) is 0. The molecule has 0 radical (unpaired) electrons. The van der Waals surface area contributed by atoms with Crippen LogP contribution in [0.4, 0.5) is 0 Å². The van der Waals surface area contributed by atoms with Gasteiger partial charge in [-0.05, 0) is 13.8 Å².